The van der Waals surface area contributed by atoms with E-state index in [4.69, 9.17) is 10.2 Å². The van der Waals surface area contributed by atoms with Crippen molar-refractivity contribution < 1.29 is 63.0 Å². The van der Waals surface area contributed by atoms with Crippen molar-refractivity contribution in [2.45, 2.75) is 13.3 Å². The number of nitrogens with one attached hydrogen (secondary N) is 5. The van der Waals surface area contributed by atoms with Crippen molar-refractivity contribution in [3.8, 4) is 0 Å². The normalized spacial score (nSPS) is 11.7. The lowest BCUT2D eigenvalue weighted by Crippen LogP contribution is -2.50. The van der Waals surface area contributed by atoms with Crippen LogP contribution in [0.5, 0.6) is 0 Å². The molecule has 0 fully saturated rings. The van der Waals surface area contributed by atoms with Crippen molar-refractivity contribution in [1.82, 2.24) is 41.3 Å². The predicted octanol–water partition coefficient (Wildman–Crippen LogP) is -6.27. The lowest BCUT2D eigenvalue weighted by molar-refractivity contribution is -0.146. The number of rotatable bonds is 20. The number of nitrogens with zero attached hydrogens (tertiary/aromatic N) is 3. The van der Waals surface area contributed by atoms with Crippen LogP contribution in [0, 0.1) is 0 Å². The Morgan fingerprint density at radius 3 is 1.39 bits per heavy atom. The third kappa shape index (κ3) is 15.0. The molecule has 0 unspecified atom stereocenters. The molecule has 0 spiro atoms. The molecule has 1 heterocycles. The van der Waals surface area contributed by atoms with Crippen LogP contribution < -0.4 is 26.6 Å². The maximum absolute atomic E-state index is 12.5. The number of imide groups is 1. The molecule has 9 amide bonds. The summed E-state index contributed by atoms with van der Waals surface area (Å²) in [6, 6.07) is 0. The molecule has 0 aliphatic carbocycles. The summed E-state index contributed by atoms with van der Waals surface area (Å²) in [5.41, 5.74) is 0. The number of carbonyl (C=O) groups is 11. The van der Waals surface area contributed by atoms with Crippen LogP contribution in [-0.4, -0.2) is 155 Å². The van der Waals surface area contributed by atoms with Crippen molar-refractivity contribution >= 4 is 65.1 Å². The van der Waals surface area contributed by atoms with Gasteiger partial charge in [-0.05, 0) is 6.92 Å². The van der Waals surface area contributed by atoms with Gasteiger partial charge in [0.05, 0.1) is 26.2 Å². The zero-order valence-electron chi connectivity index (χ0n) is 24.7. The molecular formula is C25H34N8O13. The highest BCUT2D eigenvalue weighted by molar-refractivity contribution is 6.13. The number of likely N-dealkylation sites (N-methyl/N-ethyl adjacent to an activating group) is 1. The molecule has 0 aromatic heterocycles. The predicted molar refractivity (Wildman–Crippen MR) is 150 cm³/mol. The average molecular weight is 655 g/mol. The van der Waals surface area contributed by atoms with E-state index < -0.39 is 117 Å². The first-order valence-electron chi connectivity index (χ1n) is 13.5. The Morgan fingerprint density at radius 2 is 0.978 bits per heavy atom. The van der Waals surface area contributed by atoms with Crippen LogP contribution in [-0.2, 0) is 52.7 Å². The average Bonchev–Trinajstić information content (AvgIpc) is 3.30. The maximum Gasteiger partial charge on any atom is 0.323 e. The number of carboxylic acids is 2. The summed E-state index contributed by atoms with van der Waals surface area (Å²) < 4.78 is 0. The first kappa shape index (κ1) is 38.1. The standard InChI is InChI=1S/C25H34N8O13/c1-2-26-18(37)11-31(13-24(43)44)22(41)9-30-17(36)8-28-19(38)12-32(14-25(45)46)23(42)10-29-16(35)7-27-15(34)5-6-33-20(39)3-4-21(33)40/h3-4H,2,5-14H2,1H3,(H,26,37)(H,27,34)(H,28,38)(H,29,35)(H,30,36)(H,43,44)(H,45,46). The van der Waals surface area contributed by atoms with Gasteiger partial charge in [0.15, 0.2) is 0 Å². The topological polar surface area (TPSA) is 298 Å². The van der Waals surface area contributed by atoms with Crippen molar-refractivity contribution in [3.05, 3.63) is 12.2 Å². The van der Waals surface area contributed by atoms with Gasteiger partial charge in [-0.25, -0.2) is 0 Å². The van der Waals surface area contributed by atoms with E-state index in [-0.39, 0.29) is 19.5 Å². The van der Waals surface area contributed by atoms with E-state index in [1.807, 2.05) is 0 Å². The molecule has 7 N–H and O–H groups in total. The summed E-state index contributed by atoms with van der Waals surface area (Å²) in [6.45, 7) is -4.32. The number of hydrogen-bond acceptors (Lipinski definition) is 11. The summed E-state index contributed by atoms with van der Waals surface area (Å²) in [6.07, 6.45) is 1.80. The largest absolute Gasteiger partial charge is 0.480 e. The summed E-state index contributed by atoms with van der Waals surface area (Å²) in [7, 11) is 0. The summed E-state index contributed by atoms with van der Waals surface area (Å²) in [5, 5.41) is 29.0. The fourth-order valence-electron chi connectivity index (χ4n) is 3.45. The first-order valence-corrected chi connectivity index (χ1v) is 13.5. The highest BCUT2D eigenvalue weighted by Crippen LogP contribution is 2.03. The van der Waals surface area contributed by atoms with Gasteiger partial charge in [-0.2, -0.15) is 0 Å². The molecule has 252 valence electrons. The molecule has 1 aliphatic heterocycles. The lowest BCUT2D eigenvalue weighted by Gasteiger charge is -2.21. The Kier molecular flexibility index (Phi) is 16.1. The quantitative estimate of drug-likeness (QED) is 0.0602. The van der Waals surface area contributed by atoms with Crippen LogP contribution in [0.1, 0.15) is 13.3 Å². The second kappa shape index (κ2) is 19.4. The Labute approximate surface area is 260 Å². The van der Waals surface area contributed by atoms with Gasteiger partial charge >= 0.3 is 11.9 Å². The van der Waals surface area contributed by atoms with Gasteiger partial charge in [0.25, 0.3) is 11.8 Å². The molecule has 1 aliphatic rings. The zero-order chi connectivity index (χ0) is 34.8. The smallest absolute Gasteiger partial charge is 0.323 e. The van der Waals surface area contributed by atoms with Gasteiger partial charge in [-0.15, -0.1) is 0 Å². The highest BCUT2D eigenvalue weighted by Gasteiger charge is 2.25. The van der Waals surface area contributed by atoms with Crippen molar-refractivity contribution in [1.29, 1.82) is 0 Å². The Hall–Kier alpha value is -5.89. The van der Waals surface area contributed by atoms with E-state index in [1.165, 1.54) is 0 Å². The number of amides is 9. The summed E-state index contributed by atoms with van der Waals surface area (Å²) in [5.74, 6) is -10.0. The van der Waals surface area contributed by atoms with Crippen LogP contribution >= 0.6 is 0 Å². The minimum atomic E-state index is -1.50. The summed E-state index contributed by atoms with van der Waals surface area (Å²) >= 11 is 0. The molecule has 0 atom stereocenters. The molecule has 0 saturated heterocycles. The Balaban J connectivity index is 2.48. The van der Waals surface area contributed by atoms with Gasteiger partial charge in [0.2, 0.25) is 41.4 Å². The zero-order valence-corrected chi connectivity index (χ0v) is 24.7. The van der Waals surface area contributed by atoms with Gasteiger partial charge in [-0.3, -0.25) is 57.6 Å². The lowest BCUT2D eigenvalue weighted by atomic mass is 10.3. The SMILES string of the molecule is CCNC(=O)CN(CC(=O)O)C(=O)CNC(=O)CNC(=O)CN(CC(=O)O)C(=O)CNC(=O)CNC(=O)CCN1C(=O)C=CC1=O. The Bertz CT molecular complexity index is 1260. The van der Waals surface area contributed by atoms with Crippen molar-refractivity contribution in [2.24, 2.45) is 0 Å². The van der Waals surface area contributed by atoms with Crippen LogP contribution in [0.4, 0.5) is 0 Å². The molecular weight excluding hydrogens is 620 g/mol. The van der Waals surface area contributed by atoms with Gasteiger partial charge < -0.3 is 46.6 Å². The molecule has 46 heavy (non-hydrogen) atoms. The molecule has 0 saturated carbocycles. The van der Waals surface area contributed by atoms with Crippen molar-refractivity contribution in [3.63, 3.8) is 0 Å². The molecule has 0 radical (unpaired) electrons. The van der Waals surface area contributed by atoms with Crippen LogP contribution in [0.15, 0.2) is 12.2 Å². The third-order valence-electron chi connectivity index (χ3n) is 5.63. The molecule has 21 nitrogen and oxygen atoms in total. The molecule has 0 bridgehead atoms. The fraction of sp³-hybridized carbons (Fsp3) is 0.480. The monoisotopic (exact) mass is 654 g/mol. The third-order valence-corrected chi connectivity index (χ3v) is 5.63. The minimum Gasteiger partial charge on any atom is -0.480 e. The van der Waals surface area contributed by atoms with Gasteiger partial charge in [0, 0.05) is 31.7 Å². The number of hydrogen-bond donors (Lipinski definition) is 7. The van der Waals surface area contributed by atoms with E-state index in [2.05, 4.69) is 26.6 Å². The van der Waals surface area contributed by atoms with E-state index in [0.717, 1.165) is 17.1 Å². The second-order valence-corrected chi connectivity index (χ2v) is 9.26. The summed E-state index contributed by atoms with van der Waals surface area (Å²) in [4.78, 5) is 132. The van der Waals surface area contributed by atoms with Crippen LogP contribution in [0.3, 0.4) is 0 Å². The van der Waals surface area contributed by atoms with Crippen LogP contribution in [0.2, 0.25) is 0 Å². The molecule has 0 aromatic carbocycles. The van der Waals surface area contributed by atoms with Crippen molar-refractivity contribution in [2.75, 3.05) is 65.4 Å². The minimum absolute atomic E-state index is 0.215. The number of aliphatic carboxylic acids is 2. The first-order chi connectivity index (χ1) is 21.6. The van der Waals surface area contributed by atoms with E-state index in [1.54, 1.807) is 6.92 Å². The maximum atomic E-state index is 12.5. The number of carboxylic acid groups (broad SMARTS) is 2. The number of carbonyl (C=O) groups excluding carboxylic acids is 9. The van der Waals surface area contributed by atoms with E-state index in [0.29, 0.717) is 9.80 Å². The molecule has 21 heteroatoms. The fourth-order valence-corrected chi connectivity index (χ4v) is 3.45. The Morgan fingerprint density at radius 1 is 0.587 bits per heavy atom. The second-order valence-electron chi connectivity index (χ2n) is 9.26. The molecule has 0 aromatic rings. The van der Waals surface area contributed by atoms with E-state index >= 15 is 0 Å². The van der Waals surface area contributed by atoms with E-state index in [9.17, 15) is 52.7 Å². The molecule has 1 rings (SSSR count). The van der Waals surface area contributed by atoms with Gasteiger partial charge in [0.1, 0.15) is 26.2 Å². The van der Waals surface area contributed by atoms with Gasteiger partial charge in [-0.1, -0.05) is 0 Å². The highest BCUT2D eigenvalue weighted by atomic mass is 16.4. The van der Waals surface area contributed by atoms with Crippen LogP contribution in [0.25, 0.3) is 0 Å².